The predicted molar refractivity (Wildman–Crippen MR) is 84.7 cm³/mol. The summed E-state index contributed by atoms with van der Waals surface area (Å²) in [6, 6.07) is 0. The molecule has 0 fully saturated rings. The second kappa shape index (κ2) is 17.0. The third-order valence-electron chi connectivity index (χ3n) is 1.85. The van der Waals surface area contributed by atoms with E-state index in [9.17, 15) is 0 Å². The summed E-state index contributed by atoms with van der Waals surface area (Å²) in [6.07, 6.45) is 10.2. The topological polar surface area (TPSA) is 121 Å². The molecular weight excluding hydrogens is 396 g/mol. The van der Waals surface area contributed by atoms with E-state index in [1.54, 1.807) is 0 Å². The van der Waals surface area contributed by atoms with Crippen LogP contribution in [0.15, 0.2) is 0 Å². The van der Waals surface area contributed by atoms with Crippen LogP contribution in [0.25, 0.3) is 0 Å². The first kappa shape index (κ1) is 26.6. The molecule has 0 atom stereocenters. The van der Waals surface area contributed by atoms with Crippen molar-refractivity contribution >= 4 is 37.1 Å². The van der Waals surface area contributed by atoms with Crippen LogP contribution in [0.2, 0.25) is 5.02 Å². The van der Waals surface area contributed by atoms with E-state index in [0.29, 0.717) is 0 Å². The van der Waals surface area contributed by atoms with Gasteiger partial charge in [-0.15, -0.1) is 0 Å². The van der Waals surface area contributed by atoms with Gasteiger partial charge in [0.1, 0.15) is 0 Å². The maximum absolute atomic E-state index is 7.56. The van der Waals surface area contributed by atoms with E-state index in [1.807, 2.05) is 0 Å². The van der Waals surface area contributed by atoms with Crippen molar-refractivity contribution in [2.45, 2.75) is 56.9 Å². The Morgan fingerprint density at radius 3 is 1.20 bits per heavy atom. The number of hydrogen-bond acceptors (Lipinski definition) is 2. The zero-order valence-electron chi connectivity index (χ0n) is 11.8. The summed E-state index contributed by atoms with van der Waals surface area (Å²) in [4.78, 5) is 45.3. The largest absolute Gasteiger partial charge is 0.325 e. The van der Waals surface area contributed by atoms with Gasteiger partial charge < -0.3 is 29.4 Å². The molecule has 0 rings (SSSR count). The summed E-state index contributed by atoms with van der Waals surface area (Å²) >= 11 is 8.70. The van der Waals surface area contributed by atoms with Crippen LogP contribution in [0.4, 0.5) is 0 Å². The number of rotatable bonds is 7. The molecule has 20 heavy (non-hydrogen) atoms. The normalized spacial score (nSPS) is 11.1. The SMILES string of the molecule is CCCCCCCC[CH2][Zn].OP(O)(O)=S.OP(O)(O)=S. The Balaban J connectivity index is -0.000000244. The summed E-state index contributed by atoms with van der Waals surface area (Å²) in [7, 11) is 0. The Morgan fingerprint density at radius 1 is 0.700 bits per heavy atom. The molecule has 0 radical (unpaired) electrons. The molecule has 6 nitrogen and oxygen atoms in total. The molecule has 0 saturated heterocycles. The van der Waals surface area contributed by atoms with Crippen LogP contribution >= 0.6 is 13.4 Å². The van der Waals surface area contributed by atoms with Crippen LogP contribution in [-0.4, -0.2) is 29.4 Å². The smallest absolute Gasteiger partial charge is 0.319 e. The van der Waals surface area contributed by atoms with E-state index in [2.05, 4.69) is 30.5 Å². The van der Waals surface area contributed by atoms with Crippen molar-refractivity contribution in [2.75, 3.05) is 0 Å². The van der Waals surface area contributed by atoms with Gasteiger partial charge in [0.2, 0.25) is 0 Å². The molecule has 0 aromatic heterocycles. The van der Waals surface area contributed by atoms with Crippen LogP contribution in [0.1, 0.15) is 51.9 Å². The summed E-state index contributed by atoms with van der Waals surface area (Å²) in [5.41, 5.74) is 0. The van der Waals surface area contributed by atoms with Crippen molar-refractivity contribution in [1.82, 2.24) is 0 Å². The Hall–Kier alpha value is 1.68. The van der Waals surface area contributed by atoms with Crippen molar-refractivity contribution in [3.05, 3.63) is 0 Å². The zero-order valence-corrected chi connectivity index (χ0v) is 18.1. The number of hydrogen-bond donors (Lipinski definition) is 6. The Labute approximate surface area is 141 Å². The van der Waals surface area contributed by atoms with Crippen molar-refractivity contribution < 1.29 is 47.7 Å². The summed E-state index contributed by atoms with van der Waals surface area (Å²) in [6.45, 7) is -5.34. The van der Waals surface area contributed by atoms with Crippen molar-refractivity contribution in [1.29, 1.82) is 0 Å². The quantitative estimate of drug-likeness (QED) is 0.210. The summed E-state index contributed by atoms with van der Waals surface area (Å²) in [5.74, 6) is 0. The Kier molecular flexibility index (Phi) is 22.6. The van der Waals surface area contributed by atoms with Gasteiger partial charge in [0.15, 0.2) is 0 Å². The van der Waals surface area contributed by atoms with Crippen LogP contribution < -0.4 is 0 Å². The zero-order chi connectivity index (χ0) is 16.7. The minimum absolute atomic E-state index is 1.38. The second-order valence-electron chi connectivity index (χ2n) is 4.00. The van der Waals surface area contributed by atoms with Crippen molar-refractivity contribution in [3.63, 3.8) is 0 Å². The molecule has 0 aliphatic heterocycles. The molecule has 11 heteroatoms. The van der Waals surface area contributed by atoms with Gasteiger partial charge in [-0.25, -0.2) is 0 Å². The maximum Gasteiger partial charge on any atom is 0.319 e. The molecule has 0 bridgehead atoms. The Bertz CT molecular complexity index is 239. The predicted octanol–water partition coefficient (Wildman–Crippen LogP) is 2.08. The van der Waals surface area contributed by atoms with Crippen molar-refractivity contribution in [3.8, 4) is 0 Å². The molecule has 0 aromatic carbocycles. The van der Waals surface area contributed by atoms with Crippen molar-refractivity contribution in [2.24, 2.45) is 0 Å². The molecule has 0 amide bonds. The second-order valence-corrected chi connectivity index (χ2v) is 10.5. The van der Waals surface area contributed by atoms with Gasteiger partial charge in [0.25, 0.3) is 0 Å². The van der Waals surface area contributed by atoms with Crippen LogP contribution in [0.5, 0.6) is 0 Å². The first-order valence-electron chi connectivity index (χ1n) is 6.27. The summed E-state index contributed by atoms with van der Waals surface area (Å²) in [5, 5.41) is 1.49. The number of unbranched alkanes of at least 4 members (excludes halogenated alkanes) is 6. The molecular formula is C9H25O6P2S2Zn. The standard InChI is InChI=1S/C9H19.2H3O3PS.Zn/c1-3-5-7-9-8-6-4-2;2*1-4(2,3)5;/h1,3-9H2,2H3;2*(H3,1,2,3,5);. The van der Waals surface area contributed by atoms with E-state index >= 15 is 0 Å². The molecule has 0 unspecified atom stereocenters. The van der Waals surface area contributed by atoms with E-state index in [0.717, 1.165) is 0 Å². The average molecular weight is 421 g/mol. The molecule has 6 N–H and O–H groups in total. The maximum atomic E-state index is 7.56. The van der Waals surface area contributed by atoms with Gasteiger partial charge in [0, 0.05) is 0 Å². The van der Waals surface area contributed by atoms with Crippen LogP contribution in [0.3, 0.4) is 0 Å². The third-order valence-corrected chi connectivity index (χ3v) is 2.90. The fourth-order valence-electron chi connectivity index (χ4n) is 1.13. The molecule has 0 aromatic rings. The first-order chi connectivity index (χ1) is 8.91. The van der Waals surface area contributed by atoms with E-state index in [-0.39, 0.29) is 0 Å². The van der Waals surface area contributed by atoms with Crippen LogP contribution in [-0.2, 0) is 41.9 Å². The van der Waals surface area contributed by atoms with Gasteiger partial charge in [-0.2, -0.15) is 0 Å². The third kappa shape index (κ3) is 91.1. The van der Waals surface area contributed by atoms with E-state index < -0.39 is 13.4 Å². The molecule has 0 aliphatic rings. The van der Waals surface area contributed by atoms with E-state index in [4.69, 9.17) is 29.4 Å². The Morgan fingerprint density at radius 2 is 0.950 bits per heavy atom. The molecule has 0 saturated carbocycles. The van der Waals surface area contributed by atoms with Gasteiger partial charge in [-0.1, -0.05) is 0 Å². The van der Waals surface area contributed by atoms with Gasteiger partial charge >= 0.3 is 88.6 Å². The van der Waals surface area contributed by atoms with Gasteiger partial charge in [-0.05, 0) is 23.6 Å². The van der Waals surface area contributed by atoms with E-state index in [1.165, 1.54) is 68.3 Å². The monoisotopic (exact) mass is 419 g/mol. The molecule has 0 aliphatic carbocycles. The summed E-state index contributed by atoms with van der Waals surface area (Å²) < 4.78 is 0. The molecule has 0 heterocycles. The first-order valence-corrected chi connectivity index (χ1v) is 13.7. The van der Waals surface area contributed by atoms with Gasteiger partial charge in [0.05, 0.1) is 0 Å². The minimum Gasteiger partial charge on any atom is -0.325 e. The fraction of sp³-hybridized carbons (Fsp3) is 1.00. The molecule has 121 valence electrons. The van der Waals surface area contributed by atoms with Crippen LogP contribution in [0, 0.1) is 0 Å². The minimum atomic E-state index is -3.81. The van der Waals surface area contributed by atoms with Gasteiger partial charge in [-0.3, -0.25) is 0 Å². The average Bonchev–Trinajstić information content (AvgIpc) is 2.18. The molecule has 0 spiro atoms. The fourth-order valence-corrected chi connectivity index (χ4v) is 1.88.